The first-order chi connectivity index (χ1) is 9.83. The number of amides is 1. The van der Waals surface area contributed by atoms with Crippen molar-refractivity contribution in [2.24, 2.45) is 0 Å². The van der Waals surface area contributed by atoms with Crippen molar-refractivity contribution >= 4 is 6.09 Å². The van der Waals surface area contributed by atoms with Crippen molar-refractivity contribution in [3.05, 3.63) is 29.8 Å². The van der Waals surface area contributed by atoms with Crippen LogP contribution in [-0.4, -0.2) is 28.8 Å². The average Bonchev–Trinajstić information content (AvgIpc) is 2.31. The van der Waals surface area contributed by atoms with Crippen molar-refractivity contribution < 1.29 is 18.7 Å². The molecule has 1 aliphatic carbocycles. The third kappa shape index (κ3) is 4.97. The Bertz CT molecular complexity index is 496. The van der Waals surface area contributed by atoms with Crippen LogP contribution in [0.2, 0.25) is 0 Å². The van der Waals surface area contributed by atoms with E-state index in [1.54, 1.807) is 12.1 Å². The molecule has 0 aromatic carbocycles. The Kier molecular flexibility index (Phi) is 4.77. The van der Waals surface area contributed by atoms with E-state index in [0.717, 1.165) is 0 Å². The fraction of sp³-hybridized carbons (Fsp3) is 0.600. The quantitative estimate of drug-likeness (QED) is 0.868. The van der Waals surface area contributed by atoms with Crippen molar-refractivity contribution in [1.82, 2.24) is 10.3 Å². The van der Waals surface area contributed by atoms with E-state index in [-0.39, 0.29) is 18.8 Å². The van der Waals surface area contributed by atoms with Gasteiger partial charge < -0.3 is 14.8 Å². The molecule has 6 heteroatoms. The summed E-state index contributed by atoms with van der Waals surface area (Å²) in [7, 11) is 0. The zero-order chi connectivity index (χ0) is 15.5. The van der Waals surface area contributed by atoms with E-state index >= 15 is 0 Å². The van der Waals surface area contributed by atoms with Crippen LogP contribution < -0.4 is 5.32 Å². The summed E-state index contributed by atoms with van der Waals surface area (Å²) in [4.78, 5) is 15.1. The Morgan fingerprint density at radius 1 is 1.48 bits per heavy atom. The van der Waals surface area contributed by atoms with Gasteiger partial charge in [-0.05, 0) is 39.7 Å². The lowest BCUT2D eigenvalue weighted by Crippen LogP contribution is -2.49. The SMILES string of the molecule is CC(C)(C)OC(=O)NC1CC(OCc2cccnc2F)C1. The molecule has 1 amide bonds. The largest absolute Gasteiger partial charge is 0.444 e. The fourth-order valence-electron chi connectivity index (χ4n) is 2.03. The molecule has 0 saturated heterocycles. The van der Waals surface area contributed by atoms with Gasteiger partial charge in [0.2, 0.25) is 5.95 Å². The van der Waals surface area contributed by atoms with Gasteiger partial charge >= 0.3 is 6.09 Å². The molecule has 0 bridgehead atoms. The fourth-order valence-corrected chi connectivity index (χ4v) is 2.03. The Labute approximate surface area is 123 Å². The van der Waals surface area contributed by atoms with Gasteiger partial charge in [0.05, 0.1) is 12.7 Å². The lowest BCUT2D eigenvalue weighted by atomic mass is 9.89. The molecule has 5 nitrogen and oxygen atoms in total. The number of nitrogens with zero attached hydrogens (tertiary/aromatic N) is 1. The molecule has 1 N–H and O–H groups in total. The number of carbonyl (C=O) groups excluding carboxylic acids is 1. The highest BCUT2D eigenvalue weighted by Crippen LogP contribution is 2.25. The first kappa shape index (κ1) is 15.7. The Balaban J connectivity index is 1.66. The van der Waals surface area contributed by atoms with Crippen LogP contribution in [0.3, 0.4) is 0 Å². The van der Waals surface area contributed by atoms with Gasteiger partial charge in [0.25, 0.3) is 0 Å². The number of hydrogen-bond donors (Lipinski definition) is 1. The molecule has 116 valence electrons. The summed E-state index contributed by atoms with van der Waals surface area (Å²) in [6.45, 7) is 5.66. The summed E-state index contributed by atoms with van der Waals surface area (Å²) < 4.78 is 24.1. The Morgan fingerprint density at radius 3 is 2.81 bits per heavy atom. The summed E-state index contributed by atoms with van der Waals surface area (Å²) in [6, 6.07) is 3.39. The molecule has 0 spiro atoms. The first-order valence-electron chi connectivity index (χ1n) is 7.04. The molecule has 1 heterocycles. The van der Waals surface area contributed by atoms with Crippen LogP contribution in [0.4, 0.5) is 9.18 Å². The van der Waals surface area contributed by atoms with E-state index in [4.69, 9.17) is 9.47 Å². The zero-order valence-corrected chi connectivity index (χ0v) is 12.6. The third-order valence-electron chi connectivity index (χ3n) is 3.13. The number of alkyl carbamates (subject to hydrolysis) is 1. The van der Waals surface area contributed by atoms with E-state index in [1.807, 2.05) is 20.8 Å². The average molecular weight is 296 g/mol. The molecule has 1 saturated carbocycles. The smallest absolute Gasteiger partial charge is 0.407 e. The molecular weight excluding hydrogens is 275 g/mol. The van der Waals surface area contributed by atoms with Crippen LogP contribution in [0, 0.1) is 5.95 Å². The van der Waals surface area contributed by atoms with Gasteiger partial charge in [0.1, 0.15) is 5.60 Å². The maximum absolute atomic E-state index is 13.3. The summed E-state index contributed by atoms with van der Waals surface area (Å²) in [5.41, 5.74) is -0.0530. The predicted molar refractivity (Wildman–Crippen MR) is 75.2 cm³/mol. The van der Waals surface area contributed by atoms with Gasteiger partial charge in [0.15, 0.2) is 0 Å². The van der Waals surface area contributed by atoms with E-state index in [9.17, 15) is 9.18 Å². The number of rotatable bonds is 4. The van der Waals surface area contributed by atoms with Crippen LogP contribution in [0.15, 0.2) is 18.3 Å². The summed E-state index contributed by atoms with van der Waals surface area (Å²) >= 11 is 0. The Hall–Kier alpha value is -1.69. The molecule has 21 heavy (non-hydrogen) atoms. The van der Waals surface area contributed by atoms with E-state index < -0.39 is 17.6 Å². The van der Waals surface area contributed by atoms with Gasteiger partial charge in [0, 0.05) is 17.8 Å². The number of nitrogens with one attached hydrogen (secondary N) is 1. The van der Waals surface area contributed by atoms with E-state index in [0.29, 0.717) is 18.4 Å². The minimum absolute atomic E-state index is 0.0320. The van der Waals surface area contributed by atoms with Crippen LogP contribution in [0.5, 0.6) is 0 Å². The molecule has 0 radical (unpaired) electrons. The van der Waals surface area contributed by atoms with E-state index in [1.165, 1.54) is 6.20 Å². The van der Waals surface area contributed by atoms with Gasteiger partial charge in [-0.15, -0.1) is 0 Å². The van der Waals surface area contributed by atoms with Crippen LogP contribution in [0.1, 0.15) is 39.2 Å². The molecule has 0 unspecified atom stereocenters. The second-order valence-corrected chi connectivity index (χ2v) is 6.20. The number of hydrogen-bond acceptors (Lipinski definition) is 4. The van der Waals surface area contributed by atoms with Gasteiger partial charge in [-0.3, -0.25) is 0 Å². The Morgan fingerprint density at radius 2 is 2.19 bits per heavy atom. The minimum atomic E-state index is -0.500. The highest BCUT2D eigenvalue weighted by molar-refractivity contribution is 5.68. The van der Waals surface area contributed by atoms with Crippen molar-refractivity contribution in [2.75, 3.05) is 0 Å². The van der Waals surface area contributed by atoms with Gasteiger partial charge in [-0.2, -0.15) is 4.39 Å². The van der Waals surface area contributed by atoms with E-state index in [2.05, 4.69) is 10.3 Å². The zero-order valence-electron chi connectivity index (χ0n) is 12.6. The maximum atomic E-state index is 13.3. The molecule has 2 rings (SSSR count). The van der Waals surface area contributed by atoms with Crippen LogP contribution in [0.25, 0.3) is 0 Å². The highest BCUT2D eigenvalue weighted by Gasteiger charge is 2.32. The molecule has 1 aliphatic rings. The van der Waals surface area contributed by atoms with Crippen molar-refractivity contribution in [3.8, 4) is 0 Å². The number of pyridine rings is 1. The highest BCUT2D eigenvalue weighted by atomic mass is 19.1. The molecule has 1 aromatic rings. The second kappa shape index (κ2) is 6.39. The molecule has 0 atom stereocenters. The monoisotopic (exact) mass is 296 g/mol. The number of carbonyl (C=O) groups is 1. The summed E-state index contributed by atoms with van der Waals surface area (Å²) in [5.74, 6) is -0.500. The molecular formula is C15H21FN2O3. The number of halogens is 1. The standard InChI is InChI=1S/C15H21FN2O3/c1-15(2,3)21-14(19)18-11-7-12(8-11)20-9-10-5-4-6-17-13(10)16/h4-6,11-12H,7-9H2,1-3H3,(H,18,19). The van der Waals surface area contributed by atoms with Gasteiger partial charge in [-0.25, -0.2) is 9.78 Å². The van der Waals surface area contributed by atoms with Crippen molar-refractivity contribution in [1.29, 1.82) is 0 Å². The lowest BCUT2D eigenvalue weighted by molar-refractivity contribution is -0.0301. The topological polar surface area (TPSA) is 60.5 Å². The third-order valence-corrected chi connectivity index (χ3v) is 3.13. The predicted octanol–water partition coefficient (Wildman–Crippen LogP) is 2.79. The van der Waals surface area contributed by atoms with Gasteiger partial charge in [-0.1, -0.05) is 6.07 Å². The minimum Gasteiger partial charge on any atom is -0.444 e. The number of aromatic nitrogens is 1. The summed E-state index contributed by atoms with van der Waals surface area (Å²) in [6.07, 6.45) is 2.44. The normalized spacial score (nSPS) is 21.5. The molecule has 1 aromatic heterocycles. The second-order valence-electron chi connectivity index (χ2n) is 6.20. The van der Waals surface area contributed by atoms with Crippen LogP contribution in [-0.2, 0) is 16.1 Å². The van der Waals surface area contributed by atoms with Crippen molar-refractivity contribution in [2.45, 2.75) is 58.0 Å². The van der Waals surface area contributed by atoms with Crippen molar-refractivity contribution in [3.63, 3.8) is 0 Å². The first-order valence-corrected chi connectivity index (χ1v) is 7.04. The lowest BCUT2D eigenvalue weighted by Gasteiger charge is -2.35. The van der Waals surface area contributed by atoms with Crippen LogP contribution >= 0.6 is 0 Å². The molecule has 0 aliphatic heterocycles. The maximum Gasteiger partial charge on any atom is 0.407 e. The molecule has 1 fully saturated rings. The summed E-state index contributed by atoms with van der Waals surface area (Å²) in [5, 5.41) is 2.78. The number of ether oxygens (including phenoxy) is 2.